The van der Waals surface area contributed by atoms with Crippen LogP contribution in [-0.2, 0) is 28.6 Å². The number of unbranched alkanes of at least 4 members (excludes halogenated alkanes) is 16. The molecule has 0 aliphatic rings. The van der Waals surface area contributed by atoms with Crippen molar-refractivity contribution >= 4 is 17.9 Å². The molecule has 0 fully saturated rings. The summed E-state index contributed by atoms with van der Waals surface area (Å²) in [6.07, 6.45) is 69.4. The summed E-state index contributed by atoms with van der Waals surface area (Å²) in [7, 11) is 0. The van der Waals surface area contributed by atoms with Gasteiger partial charge in [0.15, 0.2) is 6.10 Å². The van der Waals surface area contributed by atoms with Crippen LogP contribution in [0.4, 0.5) is 0 Å². The van der Waals surface area contributed by atoms with E-state index in [2.05, 4.69) is 118 Å². The molecule has 0 bridgehead atoms. The van der Waals surface area contributed by atoms with Gasteiger partial charge in [-0.25, -0.2) is 0 Å². The third kappa shape index (κ3) is 49.1. The predicted molar refractivity (Wildman–Crippen MR) is 274 cm³/mol. The fourth-order valence-electron chi connectivity index (χ4n) is 6.72. The first kappa shape index (κ1) is 60.1. The van der Waals surface area contributed by atoms with E-state index in [9.17, 15) is 14.4 Å². The number of rotatable bonds is 45. The number of carbonyl (C=O) groups is 3. The van der Waals surface area contributed by atoms with Gasteiger partial charge in [0, 0.05) is 19.3 Å². The maximum Gasteiger partial charge on any atom is 0.306 e. The number of ether oxygens (including phenoxy) is 3. The largest absolute Gasteiger partial charge is 0.462 e. The fraction of sp³-hybridized carbons (Fsp3) is 0.638. The molecule has 0 amide bonds. The standard InChI is InChI=1S/C58H94O6/c1-4-7-10-13-16-19-22-25-28-30-33-36-39-42-45-48-51-57(60)63-54-55(53-62-56(59)50-47-44-41-38-35-32-27-24-21-18-15-12-9-6-3)64-58(61)52-49-46-43-40-37-34-31-29-26-23-20-17-14-11-8-5-2/h7-8,10-11,16-17,19-20,25-26,28-29,33-34,36-37,42,45,55H,4-6,9,12-15,18,21-24,27,30-32,35,38-41,43-44,46-54H2,1-3H3/b10-7-,11-8-,19-16-,20-17-,28-25-,29-26-,36-33-,37-34-,45-42-. The van der Waals surface area contributed by atoms with Gasteiger partial charge >= 0.3 is 17.9 Å². The van der Waals surface area contributed by atoms with Crippen LogP contribution in [0.25, 0.3) is 0 Å². The number of carbonyl (C=O) groups excluding carboxylic acids is 3. The topological polar surface area (TPSA) is 78.9 Å². The molecule has 0 rings (SSSR count). The van der Waals surface area contributed by atoms with Crippen molar-refractivity contribution < 1.29 is 28.6 Å². The number of hydrogen-bond donors (Lipinski definition) is 0. The Labute approximate surface area is 393 Å². The zero-order valence-corrected chi connectivity index (χ0v) is 41.3. The van der Waals surface area contributed by atoms with Crippen LogP contribution in [0, 0.1) is 0 Å². The first-order chi connectivity index (χ1) is 31.5. The van der Waals surface area contributed by atoms with Crippen molar-refractivity contribution in [2.24, 2.45) is 0 Å². The van der Waals surface area contributed by atoms with Crippen LogP contribution in [-0.4, -0.2) is 37.2 Å². The molecular formula is C58H94O6. The van der Waals surface area contributed by atoms with E-state index in [-0.39, 0.29) is 44.0 Å². The van der Waals surface area contributed by atoms with E-state index < -0.39 is 6.10 Å². The Morgan fingerprint density at radius 3 is 1.05 bits per heavy atom. The van der Waals surface area contributed by atoms with E-state index in [0.29, 0.717) is 19.3 Å². The summed E-state index contributed by atoms with van der Waals surface area (Å²) in [4.78, 5) is 38.0. The molecule has 6 nitrogen and oxygen atoms in total. The number of esters is 3. The molecule has 0 aromatic heterocycles. The van der Waals surface area contributed by atoms with Gasteiger partial charge in [0.1, 0.15) is 13.2 Å². The molecule has 0 aromatic carbocycles. The van der Waals surface area contributed by atoms with Crippen molar-refractivity contribution in [3.8, 4) is 0 Å². The average molecular weight is 887 g/mol. The van der Waals surface area contributed by atoms with E-state index in [1.807, 2.05) is 12.2 Å². The normalized spacial score (nSPS) is 13.0. The maximum atomic E-state index is 12.8. The minimum Gasteiger partial charge on any atom is -0.462 e. The number of hydrogen-bond acceptors (Lipinski definition) is 6. The van der Waals surface area contributed by atoms with E-state index in [1.165, 1.54) is 70.6 Å². The lowest BCUT2D eigenvalue weighted by molar-refractivity contribution is -0.166. The van der Waals surface area contributed by atoms with Gasteiger partial charge in [-0.1, -0.05) is 220 Å². The molecule has 0 radical (unpaired) electrons. The molecule has 0 saturated heterocycles. The van der Waals surface area contributed by atoms with Gasteiger partial charge in [-0.05, 0) is 89.9 Å². The Kier molecular flexibility index (Phi) is 48.5. The summed E-state index contributed by atoms with van der Waals surface area (Å²) in [6.45, 7) is 6.31. The molecule has 0 heterocycles. The zero-order chi connectivity index (χ0) is 46.5. The van der Waals surface area contributed by atoms with Gasteiger partial charge in [-0.3, -0.25) is 14.4 Å². The van der Waals surface area contributed by atoms with Gasteiger partial charge < -0.3 is 14.2 Å². The van der Waals surface area contributed by atoms with Gasteiger partial charge in [-0.2, -0.15) is 0 Å². The molecule has 6 heteroatoms. The van der Waals surface area contributed by atoms with Crippen LogP contribution in [0.2, 0.25) is 0 Å². The van der Waals surface area contributed by atoms with Crippen LogP contribution in [0.15, 0.2) is 109 Å². The molecule has 1 atom stereocenters. The third-order valence-electron chi connectivity index (χ3n) is 10.5. The Morgan fingerprint density at radius 2 is 0.641 bits per heavy atom. The van der Waals surface area contributed by atoms with Crippen LogP contribution in [0.1, 0.15) is 220 Å². The quantitative estimate of drug-likeness (QED) is 0.0262. The van der Waals surface area contributed by atoms with E-state index in [1.54, 1.807) is 0 Å². The second kappa shape index (κ2) is 51.7. The summed E-state index contributed by atoms with van der Waals surface area (Å²) in [5, 5.41) is 0. The lowest BCUT2D eigenvalue weighted by Crippen LogP contribution is -2.30. The van der Waals surface area contributed by atoms with E-state index in [4.69, 9.17) is 14.2 Å². The monoisotopic (exact) mass is 887 g/mol. The molecule has 362 valence electrons. The van der Waals surface area contributed by atoms with Crippen LogP contribution < -0.4 is 0 Å². The molecule has 64 heavy (non-hydrogen) atoms. The summed E-state index contributed by atoms with van der Waals surface area (Å²) in [5.41, 5.74) is 0. The zero-order valence-electron chi connectivity index (χ0n) is 41.3. The van der Waals surface area contributed by atoms with Crippen molar-refractivity contribution in [1.29, 1.82) is 0 Å². The third-order valence-corrected chi connectivity index (χ3v) is 10.5. The average Bonchev–Trinajstić information content (AvgIpc) is 3.29. The summed E-state index contributed by atoms with van der Waals surface area (Å²) < 4.78 is 16.7. The Bertz CT molecular complexity index is 1340. The van der Waals surface area contributed by atoms with Crippen molar-refractivity contribution in [2.45, 2.75) is 226 Å². The lowest BCUT2D eigenvalue weighted by Gasteiger charge is -2.18. The Balaban J connectivity index is 4.56. The maximum absolute atomic E-state index is 12.8. The minimum absolute atomic E-state index is 0.114. The summed E-state index contributed by atoms with van der Waals surface area (Å²) in [5.74, 6) is -1.04. The van der Waals surface area contributed by atoms with Gasteiger partial charge in [0.2, 0.25) is 0 Å². The Hall–Kier alpha value is -3.93. The number of allylic oxidation sites excluding steroid dienone is 18. The second-order valence-corrected chi connectivity index (χ2v) is 16.7. The minimum atomic E-state index is -0.824. The highest BCUT2D eigenvalue weighted by atomic mass is 16.6. The predicted octanol–water partition coefficient (Wildman–Crippen LogP) is 17.1. The first-order valence-corrected chi connectivity index (χ1v) is 25.9. The van der Waals surface area contributed by atoms with Crippen molar-refractivity contribution in [3.05, 3.63) is 109 Å². The molecule has 0 aromatic rings. The van der Waals surface area contributed by atoms with Crippen molar-refractivity contribution in [2.75, 3.05) is 13.2 Å². The van der Waals surface area contributed by atoms with Crippen LogP contribution in [0.5, 0.6) is 0 Å². The van der Waals surface area contributed by atoms with Gasteiger partial charge in [0.25, 0.3) is 0 Å². The molecule has 0 saturated carbocycles. The summed E-state index contributed by atoms with van der Waals surface area (Å²) in [6, 6.07) is 0. The highest BCUT2D eigenvalue weighted by Crippen LogP contribution is 2.14. The van der Waals surface area contributed by atoms with Crippen LogP contribution >= 0.6 is 0 Å². The van der Waals surface area contributed by atoms with Crippen molar-refractivity contribution in [3.63, 3.8) is 0 Å². The lowest BCUT2D eigenvalue weighted by atomic mass is 10.0. The van der Waals surface area contributed by atoms with Crippen LogP contribution in [0.3, 0.4) is 0 Å². The molecule has 0 N–H and O–H groups in total. The second-order valence-electron chi connectivity index (χ2n) is 16.7. The Morgan fingerprint density at radius 1 is 0.328 bits per heavy atom. The summed E-state index contributed by atoms with van der Waals surface area (Å²) >= 11 is 0. The highest BCUT2D eigenvalue weighted by Gasteiger charge is 2.19. The smallest absolute Gasteiger partial charge is 0.306 e. The molecule has 0 aliphatic carbocycles. The van der Waals surface area contributed by atoms with E-state index in [0.717, 1.165) is 96.3 Å². The van der Waals surface area contributed by atoms with E-state index >= 15 is 0 Å². The van der Waals surface area contributed by atoms with Crippen molar-refractivity contribution in [1.82, 2.24) is 0 Å². The fourth-order valence-corrected chi connectivity index (χ4v) is 6.72. The highest BCUT2D eigenvalue weighted by molar-refractivity contribution is 5.71. The molecule has 1 unspecified atom stereocenters. The molecule has 0 spiro atoms. The molecule has 0 aliphatic heterocycles. The van der Waals surface area contributed by atoms with Gasteiger partial charge in [0.05, 0.1) is 0 Å². The first-order valence-electron chi connectivity index (χ1n) is 25.9. The SMILES string of the molecule is CC/C=C\C/C=C\C/C=C\C/C=C\C/C=C\CCC(=O)OCC(COC(=O)CCCCCCCCCCCCCCCC)OC(=O)CCCCC/C=C\C/C=C\C/C=C\C/C=C\CC. The molecular weight excluding hydrogens is 793 g/mol. The van der Waals surface area contributed by atoms with Gasteiger partial charge in [-0.15, -0.1) is 0 Å².